The molecule has 35 heavy (non-hydrogen) atoms. The molecule has 8 heteroatoms. The number of nitrogens with one attached hydrogen (secondary N) is 1. The highest BCUT2D eigenvalue weighted by Crippen LogP contribution is 2.39. The minimum atomic E-state index is -0.182. The molecule has 1 unspecified atom stereocenters. The topological polar surface area (TPSA) is 118 Å². The molecule has 0 radical (unpaired) electrons. The summed E-state index contributed by atoms with van der Waals surface area (Å²) in [5, 5.41) is 3.60. The third-order valence-electron chi connectivity index (χ3n) is 7.14. The Bertz CT molecular complexity index is 814. The first-order valence-corrected chi connectivity index (χ1v) is 13.8. The van der Waals surface area contributed by atoms with E-state index in [1.165, 1.54) is 6.42 Å². The molecule has 0 aromatic rings. The molecule has 0 aromatic carbocycles. The Morgan fingerprint density at radius 1 is 1.14 bits per heavy atom. The van der Waals surface area contributed by atoms with E-state index in [2.05, 4.69) is 41.2 Å². The Kier molecular flexibility index (Phi) is 10.9. The number of esters is 1. The number of rotatable bonds is 15. The zero-order valence-corrected chi connectivity index (χ0v) is 21.8. The van der Waals surface area contributed by atoms with Gasteiger partial charge in [-0.05, 0) is 64.2 Å². The molecule has 5 N–H and O–H groups in total. The van der Waals surface area contributed by atoms with E-state index in [9.17, 15) is 4.79 Å². The maximum absolute atomic E-state index is 13.3. The van der Waals surface area contributed by atoms with Gasteiger partial charge in [0.25, 0.3) is 0 Å². The minimum absolute atomic E-state index is 0.0798. The number of nitrogens with zero attached hydrogens (tertiary/aromatic N) is 3. The zero-order valence-electron chi connectivity index (χ0n) is 21.8. The van der Waals surface area contributed by atoms with E-state index >= 15 is 0 Å². The van der Waals surface area contributed by atoms with Gasteiger partial charge < -0.3 is 26.4 Å². The van der Waals surface area contributed by atoms with Crippen LogP contribution in [-0.4, -0.2) is 54.1 Å². The number of unbranched alkanes of at least 4 members (excludes halogenated alkanes) is 4. The van der Waals surface area contributed by atoms with Crippen LogP contribution in [0.1, 0.15) is 97.3 Å². The van der Waals surface area contributed by atoms with Gasteiger partial charge in [0.1, 0.15) is 0 Å². The molecule has 3 atom stereocenters. The van der Waals surface area contributed by atoms with Gasteiger partial charge in [-0.15, -0.1) is 0 Å². The average molecular weight is 487 g/mol. The first kappa shape index (κ1) is 27.1. The fourth-order valence-corrected chi connectivity index (χ4v) is 5.37. The molecule has 3 aliphatic heterocycles. The van der Waals surface area contributed by atoms with Crippen LogP contribution in [-0.2, 0) is 9.53 Å². The summed E-state index contributed by atoms with van der Waals surface area (Å²) < 4.78 is 5.74. The summed E-state index contributed by atoms with van der Waals surface area (Å²) in [6, 6.07) is 0.875. The molecule has 0 saturated carbocycles. The lowest BCUT2D eigenvalue weighted by atomic mass is 9.96. The molecule has 3 aliphatic rings. The van der Waals surface area contributed by atoms with Crippen molar-refractivity contribution in [3.05, 3.63) is 23.4 Å². The van der Waals surface area contributed by atoms with Gasteiger partial charge in [0, 0.05) is 18.3 Å². The number of hydrogen-bond acceptors (Lipinski definition) is 6. The first-order chi connectivity index (χ1) is 17.0. The third kappa shape index (κ3) is 7.74. The van der Waals surface area contributed by atoms with Crippen LogP contribution in [0.3, 0.4) is 0 Å². The van der Waals surface area contributed by atoms with Crippen LogP contribution in [0.5, 0.6) is 0 Å². The molecule has 3 rings (SSSR count). The van der Waals surface area contributed by atoms with Crippen molar-refractivity contribution in [2.75, 3.05) is 13.2 Å². The number of carbonyl (C=O) groups is 1. The van der Waals surface area contributed by atoms with Crippen LogP contribution < -0.4 is 16.8 Å². The fourth-order valence-electron chi connectivity index (χ4n) is 5.37. The van der Waals surface area contributed by atoms with Crippen molar-refractivity contribution < 1.29 is 9.53 Å². The van der Waals surface area contributed by atoms with Crippen molar-refractivity contribution in [1.82, 2.24) is 10.2 Å². The Hall–Kier alpha value is -2.51. The number of hydrogen-bond donors (Lipinski definition) is 3. The third-order valence-corrected chi connectivity index (χ3v) is 7.14. The summed E-state index contributed by atoms with van der Waals surface area (Å²) in [4.78, 5) is 24.8. The van der Waals surface area contributed by atoms with Crippen LogP contribution >= 0.6 is 0 Å². The first-order valence-electron chi connectivity index (χ1n) is 13.8. The molecule has 1 saturated heterocycles. The predicted molar refractivity (Wildman–Crippen MR) is 143 cm³/mol. The van der Waals surface area contributed by atoms with E-state index < -0.39 is 0 Å². The second-order valence-electron chi connectivity index (χ2n) is 9.96. The monoisotopic (exact) mass is 486 g/mol. The van der Waals surface area contributed by atoms with Crippen molar-refractivity contribution in [3.8, 4) is 0 Å². The maximum atomic E-state index is 13.3. The number of aliphatic imine (C=N–C) groups is 2. The maximum Gasteiger partial charge on any atom is 0.337 e. The van der Waals surface area contributed by atoms with Crippen molar-refractivity contribution in [2.24, 2.45) is 21.5 Å². The smallest absolute Gasteiger partial charge is 0.337 e. The van der Waals surface area contributed by atoms with Gasteiger partial charge in [0.2, 0.25) is 0 Å². The molecule has 3 heterocycles. The average Bonchev–Trinajstić information content (AvgIpc) is 3.25. The van der Waals surface area contributed by atoms with E-state index in [1.807, 2.05) is 0 Å². The Morgan fingerprint density at radius 3 is 2.74 bits per heavy atom. The van der Waals surface area contributed by atoms with E-state index in [-0.39, 0.29) is 18.0 Å². The fraction of sp³-hybridized carbons (Fsp3) is 0.741. The van der Waals surface area contributed by atoms with Crippen molar-refractivity contribution in [3.63, 3.8) is 0 Å². The molecule has 8 nitrogen and oxygen atoms in total. The van der Waals surface area contributed by atoms with E-state index in [1.54, 1.807) is 0 Å². The van der Waals surface area contributed by atoms with E-state index in [0.717, 1.165) is 94.3 Å². The van der Waals surface area contributed by atoms with Gasteiger partial charge in [-0.2, -0.15) is 0 Å². The predicted octanol–water partition coefficient (Wildman–Crippen LogP) is 4.12. The number of carbonyl (C=O) groups excluding carboxylic acids is 1. The molecule has 0 bridgehead atoms. The lowest BCUT2D eigenvalue weighted by molar-refractivity contribution is -0.140. The highest BCUT2D eigenvalue weighted by Gasteiger charge is 2.47. The molecule has 0 amide bonds. The van der Waals surface area contributed by atoms with Gasteiger partial charge >= 0.3 is 5.97 Å². The number of ether oxygens (including phenoxy) is 1. The van der Waals surface area contributed by atoms with E-state index in [0.29, 0.717) is 25.2 Å². The van der Waals surface area contributed by atoms with Crippen molar-refractivity contribution in [1.29, 1.82) is 0 Å². The number of nitrogens with two attached hydrogens (primary N) is 2. The lowest BCUT2D eigenvalue weighted by Gasteiger charge is -2.43. The molecule has 196 valence electrons. The molecule has 0 aromatic heterocycles. The molecule has 1 fully saturated rings. The summed E-state index contributed by atoms with van der Waals surface area (Å²) in [5.41, 5.74) is 12.6. The van der Waals surface area contributed by atoms with Crippen LogP contribution in [0, 0.1) is 0 Å². The van der Waals surface area contributed by atoms with Crippen molar-refractivity contribution in [2.45, 2.75) is 115 Å². The summed E-state index contributed by atoms with van der Waals surface area (Å²) in [7, 11) is 0. The molecule has 0 spiro atoms. The SMILES string of the molecule is CCC/C=C\CCC1C[C@H]2CC[C@H]3C(C(=O)OCCCCN=C(N)N)=C(CCCCC)NC(=N1)N23. The second kappa shape index (κ2) is 14.1. The van der Waals surface area contributed by atoms with Gasteiger partial charge in [0.15, 0.2) is 11.9 Å². The summed E-state index contributed by atoms with van der Waals surface area (Å²) in [6.45, 7) is 5.35. The highest BCUT2D eigenvalue weighted by atomic mass is 16.5. The standard InChI is InChI=1S/C27H46N6O2/c1-3-5-7-8-10-13-20-19-21-15-16-23-24(25(34)35-18-12-11-17-30-26(28)29)22(14-9-6-4-2)32-27(31-20)33(21)23/h7-8,20-21,23H,3-6,9-19H2,1-2H3,(H,31,32)(H4,28,29,30)/b8-7-/t20?,21-,23+/m1/s1. The quantitative estimate of drug-likeness (QED) is 0.105. The van der Waals surface area contributed by atoms with Gasteiger partial charge in [-0.3, -0.25) is 4.99 Å². The van der Waals surface area contributed by atoms with E-state index in [4.69, 9.17) is 21.2 Å². The summed E-state index contributed by atoms with van der Waals surface area (Å²) in [6.07, 6.45) is 18.0. The van der Waals surface area contributed by atoms with Crippen LogP contribution in [0.15, 0.2) is 33.4 Å². The Balaban J connectivity index is 1.68. The minimum Gasteiger partial charge on any atom is -0.462 e. The van der Waals surface area contributed by atoms with Gasteiger partial charge in [-0.25, -0.2) is 9.79 Å². The Morgan fingerprint density at radius 2 is 1.97 bits per heavy atom. The summed E-state index contributed by atoms with van der Waals surface area (Å²) >= 11 is 0. The highest BCUT2D eigenvalue weighted by molar-refractivity contribution is 5.96. The van der Waals surface area contributed by atoms with Crippen LogP contribution in [0.25, 0.3) is 0 Å². The number of guanidine groups is 2. The van der Waals surface area contributed by atoms with Crippen LogP contribution in [0.2, 0.25) is 0 Å². The lowest BCUT2D eigenvalue weighted by Crippen LogP contribution is -2.57. The van der Waals surface area contributed by atoms with Gasteiger partial charge in [0.05, 0.1) is 24.3 Å². The Labute approximate surface area is 211 Å². The molecule has 0 aliphatic carbocycles. The molecular formula is C27H46N6O2. The second-order valence-corrected chi connectivity index (χ2v) is 9.96. The van der Waals surface area contributed by atoms with Crippen LogP contribution in [0.4, 0.5) is 0 Å². The normalized spacial score (nSPS) is 23.2. The largest absolute Gasteiger partial charge is 0.462 e. The number of allylic oxidation sites excluding steroid dienone is 3. The summed E-state index contributed by atoms with van der Waals surface area (Å²) in [5.74, 6) is 0.896. The molecular weight excluding hydrogens is 440 g/mol. The van der Waals surface area contributed by atoms with Crippen molar-refractivity contribution >= 4 is 17.9 Å². The van der Waals surface area contributed by atoms with Gasteiger partial charge in [-0.1, -0.05) is 45.3 Å². The zero-order chi connectivity index (χ0) is 25.0.